The summed E-state index contributed by atoms with van der Waals surface area (Å²) in [6.45, 7) is 2.03. The van der Waals surface area contributed by atoms with Gasteiger partial charge in [0.05, 0.1) is 11.4 Å². The zero-order valence-electron chi connectivity index (χ0n) is 9.54. The molecule has 0 radical (unpaired) electrons. The summed E-state index contributed by atoms with van der Waals surface area (Å²) in [7, 11) is -3.03. The Morgan fingerprint density at radius 1 is 1.35 bits per heavy atom. The van der Waals surface area contributed by atoms with Gasteiger partial charge in [-0.15, -0.1) is 0 Å². The van der Waals surface area contributed by atoms with Gasteiger partial charge in [-0.05, 0) is 34.5 Å². The van der Waals surface area contributed by atoms with Gasteiger partial charge in [-0.25, -0.2) is 12.8 Å². The molecule has 0 aliphatic heterocycles. The molecule has 0 atom stereocenters. The van der Waals surface area contributed by atoms with Crippen LogP contribution in [0, 0.1) is 5.82 Å². The van der Waals surface area contributed by atoms with Crippen LogP contribution in [0.5, 0.6) is 0 Å². The standard InChI is InChI=1S/C11H15BrFNO2S/c1-2-7-17(15,16)8-6-14-11-9(12)4-3-5-10(11)13/h3-5,14H,2,6-8H2,1H3. The quantitative estimate of drug-likeness (QED) is 0.875. The molecule has 0 aromatic heterocycles. The summed E-state index contributed by atoms with van der Waals surface area (Å²) < 4.78 is 36.9. The Morgan fingerprint density at radius 3 is 2.65 bits per heavy atom. The summed E-state index contributed by atoms with van der Waals surface area (Å²) in [6, 6.07) is 4.61. The SMILES string of the molecule is CCCS(=O)(=O)CCNc1c(F)cccc1Br. The van der Waals surface area contributed by atoms with Crippen molar-refractivity contribution in [1.82, 2.24) is 0 Å². The maximum absolute atomic E-state index is 13.4. The molecule has 0 amide bonds. The lowest BCUT2D eigenvalue weighted by Gasteiger charge is -2.09. The van der Waals surface area contributed by atoms with Gasteiger partial charge in [0.25, 0.3) is 0 Å². The minimum Gasteiger partial charge on any atom is -0.381 e. The van der Waals surface area contributed by atoms with Crippen LogP contribution in [0.2, 0.25) is 0 Å². The molecule has 1 aromatic carbocycles. The normalized spacial score (nSPS) is 11.5. The fourth-order valence-corrected chi connectivity index (χ4v) is 3.13. The average molecular weight is 324 g/mol. The fraction of sp³-hybridized carbons (Fsp3) is 0.455. The Kier molecular flexibility index (Phi) is 5.39. The number of para-hydroxylation sites is 1. The second kappa shape index (κ2) is 6.35. The Balaban J connectivity index is 2.57. The van der Waals surface area contributed by atoms with Gasteiger partial charge < -0.3 is 5.32 Å². The number of benzene rings is 1. The third-order valence-corrected chi connectivity index (χ3v) is 4.71. The highest BCUT2D eigenvalue weighted by Gasteiger charge is 2.10. The zero-order valence-corrected chi connectivity index (χ0v) is 11.9. The predicted molar refractivity (Wildman–Crippen MR) is 71.5 cm³/mol. The molecule has 0 saturated carbocycles. The van der Waals surface area contributed by atoms with E-state index in [4.69, 9.17) is 0 Å². The minimum atomic E-state index is -3.03. The molecule has 0 aliphatic carbocycles. The lowest BCUT2D eigenvalue weighted by atomic mass is 10.3. The third-order valence-electron chi connectivity index (χ3n) is 2.19. The smallest absolute Gasteiger partial charge is 0.152 e. The highest BCUT2D eigenvalue weighted by molar-refractivity contribution is 9.10. The van der Waals surface area contributed by atoms with E-state index in [1.165, 1.54) is 6.07 Å². The average Bonchev–Trinajstić information content (AvgIpc) is 2.22. The fourth-order valence-electron chi connectivity index (χ4n) is 1.41. The van der Waals surface area contributed by atoms with Gasteiger partial charge in [-0.2, -0.15) is 0 Å². The van der Waals surface area contributed by atoms with Crippen molar-refractivity contribution in [3.63, 3.8) is 0 Å². The lowest BCUT2D eigenvalue weighted by molar-refractivity contribution is 0.594. The van der Waals surface area contributed by atoms with E-state index in [1.807, 2.05) is 6.92 Å². The number of sulfone groups is 1. The van der Waals surface area contributed by atoms with E-state index in [-0.39, 0.29) is 18.1 Å². The first kappa shape index (κ1) is 14.4. The number of hydrogen-bond acceptors (Lipinski definition) is 3. The van der Waals surface area contributed by atoms with Crippen LogP contribution < -0.4 is 5.32 Å². The van der Waals surface area contributed by atoms with Crippen LogP contribution >= 0.6 is 15.9 Å². The molecule has 1 N–H and O–H groups in total. The van der Waals surface area contributed by atoms with Gasteiger partial charge in [-0.1, -0.05) is 13.0 Å². The maximum atomic E-state index is 13.4. The molecular formula is C11H15BrFNO2S. The van der Waals surface area contributed by atoms with Crippen molar-refractivity contribution in [2.75, 3.05) is 23.4 Å². The van der Waals surface area contributed by atoms with Gasteiger partial charge in [0.15, 0.2) is 9.84 Å². The first-order valence-corrected chi connectivity index (χ1v) is 7.96. The number of rotatable bonds is 6. The van der Waals surface area contributed by atoms with Gasteiger partial charge in [0.2, 0.25) is 0 Å². The summed E-state index contributed by atoms with van der Waals surface area (Å²) in [4.78, 5) is 0. The van der Waals surface area contributed by atoms with Crippen LogP contribution in [-0.2, 0) is 9.84 Å². The van der Waals surface area contributed by atoms with Gasteiger partial charge in [0.1, 0.15) is 5.82 Å². The predicted octanol–water partition coefficient (Wildman–Crippen LogP) is 2.82. The van der Waals surface area contributed by atoms with Crippen molar-refractivity contribution < 1.29 is 12.8 Å². The molecule has 17 heavy (non-hydrogen) atoms. The maximum Gasteiger partial charge on any atom is 0.152 e. The summed E-state index contributed by atoms with van der Waals surface area (Å²) in [5.41, 5.74) is 0.305. The van der Waals surface area contributed by atoms with E-state index in [9.17, 15) is 12.8 Å². The Morgan fingerprint density at radius 2 is 2.06 bits per heavy atom. The first-order valence-electron chi connectivity index (χ1n) is 5.34. The molecule has 0 aliphatic rings. The van der Waals surface area contributed by atoms with Crippen molar-refractivity contribution >= 4 is 31.5 Å². The first-order chi connectivity index (χ1) is 7.96. The van der Waals surface area contributed by atoms with Gasteiger partial charge in [-0.3, -0.25) is 0 Å². The summed E-state index contributed by atoms with van der Waals surface area (Å²) in [6.07, 6.45) is 0.603. The van der Waals surface area contributed by atoms with Gasteiger partial charge in [0, 0.05) is 16.8 Å². The van der Waals surface area contributed by atoms with E-state index in [0.717, 1.165) is 0 Å². The van der Waals surface area contributed by atoms with Crippen molar-refractivity contribution in [2.45, 2.75) is 13.3 Å². The Labute approximate surface area is 109 Å². The van der Waals surface area contributed by atoms with Crippen LogP contribution in [-0.4, -0.2) is 26.5 Å². The molecule has 0 heterocycles. The number of hydrogen-bond donors (Lipinski definition) is 1. The van der Waals surface area contributed by atoms with E-state index in [0.29, 0.717) is 16.6 Å². The molecule has 0 spiro atoms. The van der Waals surface area contributed by atoms with E-state index >= 15 is 0 Å². The molecule has 0 fully saturated rings. The minimum absolute atomic E-state index is 0.0155. The summed E-state index contributed by atoms with van der Waals surface area (Å²) >= 11 is 3.21. The molecule has 0 saturated heterocycles. The molecule has 1 aromatic rings. The van der Waals surface area contributed by atoms with E-state index < -0.39 is 15.7 Å². The van der Waals surface area contributed by atoms with Crippen LogP contribution in [0.3, 0.4) is 0 Å². The molecule has 6 heteroatoms. The largest absolute Gasteiger partial charge is 0.381 e. The molecular weight excluding hydrogens is 309 g/mol. The van der Waals surface area contributed by atoms with Crippen LogP contribution in [0.4, 0.5) is 10.1 Å². The van der Waals surface area contributed by atoms with E-state index in [2.05, 4.69) is 21.2 Å². The Hall–Kier alpha value is -0.620. The zero-order chi connectivity index (χ0) is 12.9. The number of nitrogens with one attached hydrogen (secondary N) is 1. The molecule has 96 valence electrons. The second-order valence-electron chi connectivity index (χ2n) is 3.68. The van der Waals surface area contributed by atoms with Crippen molar-refractivity contribution in [2.24, 2.45) is 0 Å². The monoisotopic (exact) mass is 323 g/mol. The summed E-state index contributed by atoms with van der Waals surface area (Å²) in [5, 5.41) is 2.79. The van der Waals surface area contributed by atoms with Crippen LogP contribution in [0.1, 0.15) is 13.3 Å². The summed E-state index contributed by atoms with van der Waals surface area (Å²) in [5.74, 6) is -0.207. The van der Waals surface area contributed by atoms with Crippen LogP contribution in [0.15, 0.2) is 22.7 Å². The van der Waals surface area contributed by atoms with E-state index in [1.54, 1.807) is 12.1 Å². The number of halogens is 2. The molecule has 0 bridgehead atoms. The molecule has 1 rings (SSSR count). The third kappa shape index (κ3) is 4.63. The number of anilines is 1. The van der Waals surface area contributed by atoms with Crippen molar-refractivity contribution in [1.29, 1.82) is 0 Å². The molecule has 0 unspecified atom stereocenters. The molecule has 3 nitrogen and oxygen atoms in total. The van der Waals surface area contributed by atoms with Crippen molar-refractivity contribution in [3.05, 3.63) is 28.5 Å². The van der Waals surface area contributed by atoms with Gasteiger partial charge >= 0.3 is 0 Å². The van der Waals surface area contributed by atoms with Crippen LogP contribution in [0.25, 0.3) is 0 Å². The second-order valence-corrected chi connectivity index (χ2v) is 6.83. The van der Waals surface area contributed by atoms with Crippen molar-refractivity contribution in [3.8, 4) is 0 Å². The topological polar surface area (TPSA) is 46.2 Å². The lowest BCUT2D eigenvalue weighted by Crippen LogP contribution is -2.18. The highest BCUT2D eigenvalue weighted by Crippen LogP contribution is 2.24. The Bertz CT molecular complexity index is 456. The highest BCUT2D eigenvalue weighted by atomic mass is 79.9.